The van der Waals surface area contributed by atoms with Crippen LogP contribution in [0.3, 0.4) is 0 Å². The van der Waals surface area contributed by atoms with Crippen LogP contribution in [0, 0.1) is 0 Å². The third-order valence-corrected chi connectivity index (χ3v) is 7.33. The number of nitrogens with zero attached hydrogens (tertiary/aromatic N) is 3. The molecular formula is C22H24F2N4O3S. The number of ether oxygens (including phenoxy) is 1. The zero-order chi connectivity index (χ0) is 22.9. The number of alkyl halides is 2. The molecule has 0 spiro atoms. The van der Waals surface area contributed by atoms with Crippen molar-refractivity contribution in [3.05, 3.63) is 72.2 Å². The van der Waals surface area contributed by atoms with Gasteiger partial charge in [-0.25, -0.2) is 22.2 Å². The van der Waals surface area contributed by atoms with E-state index in [4.69, 9.17) is 4.74 Å². The minimum Gasteiger partial charge on any atom is -0.496 e. The maximum atomic E-state index is 13.5. The first-order chi connectivity index (χ1) is 15.3. The van der Waals surface area contributed by atoms with Crippen LogP contribution in [-0.4, -0.2) is 48.5 Å². The Kier molecular flexibility index (Phi) is 6.16. The maximum Gasteiger partial charge on any atom is 0.267 e. The number of imidazole rings is 1. The van der Waals surface area contributed by atoms with Crippen molar-refractivity contribution in [1.29, 1.82) is 0 Å². The van der Waals surface area contributed by atoms with Crippen LogP contribution in [0.4, 0.5) is 14.5 Å². The van der Waals surface area contributed by atoms with Gasteiger partial charge in [-0.2, -0.15) is 4.31 Å². The molecule has 0 amide bonds. The minimum atomic E-state index is -3.79. The van der Waals surface area contributed by atoms with Gasteiger partial charge in [0.05, 0.1) is 19.0 Å². The summed E-state index contributed by atoms with van der Waals surface area (Å²) in [5.74, 6) is -0.0669. The third-order valence-electron chi connectivity index (χ3n) is 5.62. The molecule has 0 unspecified atom stereocenters. The second kappa shape index (κ2) is 8.87. The number of nitrogens with one attached hydrogen (secondary N) is 1. The number of aryl methyl sites for hydroxylation is 1. The van der Waals surface area contributed by atoms with Crippen LogP contribution in [0.15, 0.2) is 66.1 Å². The lowest BCUT2D eigenvalue weighted by atomic mass is 9.94. The van der Waals surface area contributed by atoms with Gasteiger partial charge < -0.3 is 14.6 Å². The van der Waals surface area contributed by atoms with Crippen LogP contribution >= 0.6 is 0 Å². The Morgan fingerprint density at radius 1 is 1.16 bits per heavy atom. The molecule has 1 aromatic heterocycles. The highest BCUT2D eigenvalue weighted by Gasteiger charge is 2.41. The lowest BCUT2D eigenvalue weighted by Gasteiger charge is -2.22. The van der Waals surface area contributed by atoms with Gasteiger partial charge in [-0.15, -0.1) is 0 Å². The maximum absolute atomic E-state index is 13.5. The SMILES string of the molecule is COc1ccc(N[C@H]2CN(S(=O)(=O)c3cn(C)cn3)C[C@@H]2c2ccccc2)cc1C(F)F. The molecule has 1 aliphatic heterocycles. The number of benzene rings is 2. The smallest absolute Gasteiger partial charge is 0.267 e. The molecule has 0 saturated carbocycles. The van der Waals surface area contributed by atoms with E-state index in [1.807, 2.05) is 30.3 Å². The van der Waals surface area contributed by atoms with Crippen LogP contribution in [-0.2, 0) is 17.1 Å². The first-order valence-corrected chi connectivity index (χ1v) is 11.5. The lowest BCUT2D eigenvalue weighted by molar-refractivity contribution is 0.147. The van der Waals surface area contributed by atoms with Crippen LogP contribution in [0.1, 0.15) is 23.5 Å². The Morgan fingerprint density at radius 3 is 2.53 bits per heavy atom. The molecule has 1 aliphatic rings. The molecule has 2 heterocycles. The Morgan fingerprint density at radius 2 is 1.91 bits per heavy atom. The molecule has 170 valence electrons. The van der Waals surface area contributed by atoms with Crippen molar-refractivity contribution in [2.45, 2.75) is 23.4 Å². The number of aromatic nitrogens is 2. The molecule has 2 atom stereocenters. The van der Waals surface area contributed by atoms with E-state index < -0.39 is 16.4 Å². The summed E-state index contributed by atoms with van der Waals surface area (Å²) in [6, 6.07) is 13.7. The number of halogens is 2. The van der Waals surface area contributed by atoms with Gasteiger partial charge in [0.2, 0.25) is 0 Å². The first-order valence-electron chi connectivity index (χ1n) is 10.0. The number of methoxy groups -OCH3 is 1. The largest absolute Gasteiger partial charge is 0.496 e. The van der Waals surface area contributed by atoms with E-state index >= 15 is 0 Å². The fraction of sp³-hybridized carbons (Fsp3) is 0.318. The van der Waals surface area contributed by atoms with Crippen molar-refractivity contribution in [3.63, 3.8) is 0 Å². The molecule has 0 radical (unpaired) electrons. The molecule has 1 N–H and O–H groups in total. The summed E-state index contributed by atoms with van der Waals surface area (Å²) in [5.41, 5.74) is 1.22. The molecule has 4 rings (SSSR count). The summed E-state index contributed by atoms with van der Waals surface area (Å²) < 4.78 is 61.2. The Balaban J connectivity index is 1.65. The molecule has 7 nitrogen and oxygen atoms in total. The van der Waals surface area contributed by atoms with E-state index in [2.05, 4.69) is 10.3 Å². The van der Waals surface area contributed by atoms with Crippen molar-refractivity contribution in [3.8, 4) is 5.75 Å². The second-order valence-electron chi connectivity index (χ2n) is 7.72. The zero-order valence-electron chi connectivity index (χ0n) is 17.7. The molecule has 32 heavy (non-hydrogen) atoms. The lowest BCUT2D eigenvalue weighted by Crippen LogP contribution is -2.32. The Bertz CT molecular complexity index is 1180. The topological polar surface area (TPSA) is 76.5 Å². The standard InChI is InChI=1S/C22H24F2N4O3S/c1-27-13-21(25-14-27)32(29,30)28-11-18(15-6-4-3-5-7-15)19(12-28)26-16-8-9-20(31-2)17(10-16)22(23)24/h3-10,13-14,18-19,22,26H,11-12H2,1-2H3/t18-,19+/m1/s1. The predicted molar refractivity (Wildman–Crippen MR) is 117 cm³/mol. The van der Waals surface area contributed by atoms with Crippen molar-refractivity contribution in [2.24, 2.45) is 7.05 Å². The normalized spacial score (nSPS) is 19.4. The quantitative estimate of drug-likeness (QED) is 0.580. The number of sulfonamides is 1. The highest BCUT2D eigenvalue weighted by atomic mass is 32.2. The average Bonchev–Trinajstić information content (AvgIpc) is 3.41. The van der Waals surface area contributed by atoms with Crippen molar-refractivity contribution in [1.82, 2.24) is 13.9 Å². The van der Waals surface area contributed by atoms with E-state index in [0.717, 1.165) is 5.56 Å². The summed E-state index contributed by atoms with van der Waals surface area (Å²) in [5, 5.41) is 3.26. The third kappa shape index (κ3) is 4.33. The van der Waals surface area contributed by atoms with Gasteiger partial charge in [-0.3, -0.25) is 0 Å². The van der Waals surface area contributed by atoms with E-state index in [1.165, 1.54) is 36.1 Å². The number of hydrogen-bond donors (Lipinski definition) is 1. The Labute approximate surface area is 185 Å². The predicted octanol–water partition coefficient (Wildman–Crippen LogP) is 3.64. The van der Waals surface area contributed by atoms with Crippen molar-refractivity contribution >= 4 is 15.7 Å². The van der Waals surface area contributed by atoms with E-state index in [1.54, 1.807) is 17.7 Å². The molecular weight excluding hydrogens is 438 g/mol. The summed E-state index contributed by atoms with van der Waals surface area (Å²) in [4.78, 5) is 4.00. The molecule has 10 heteroatoms. The summed E-state index contributed by atoms with van der Waals surface area (Å²) in [6.07, 6.45) is 0.212. The van der Waals surface area contributed by atoms with E-state index in [0.29, 0.717) is 5.69 Å². The zero-order valence-corrected chi connectivity index (χ0v) is 18.5. The van der Waals surface area contributed by atoms with Crippen LogP contribution < -0.4 is 10.1 Å². The van der Waals surface area contributed by atoms with Gasteiger partial charge in [-0.1, -0.05) is 30.3 Å². The van der Waals surface area contributed by atoms with Gasteiger partial charge in [0.15, 0.2) is 5.03 Å². The Hall–Kier alpha value is -2.98. The van der Waals surface area contributed by atoms with Crippen LogP contribution in [0.2, 0.25) is 0 Å². The van der Waals surface area contributed by atoms with Gasteiger partial charge in [0, 0.05) is 44.0 Å². The molecule has 2 aromatic carbocycles. The van der Waals surface area contributed by atoms with Crippen molar-refractivity contribution < 1.29 is 21.9 Å². The number of hydrogen-bond acceptors (Lipinski definition) is 5. The summed E-state index contributed by atoms with van der Waals surface area (Å²) >= 11 is 0. The molecule has 0 bridgehead atoms. The van der Waals surface area contributed by atoms with Crippen molar-refractivity contribution in [2.75, 3.05) is 25.5 Å². The summed E-state index contributed by atoms with van der Waals surface area (Å²) in [6.45, 7) is 0.424. The number of anilines is 1. The highest BCUT2D eigenvalue weighted by molar-refractivity contribution is 7.89. The highest BCUT2D eigenvalue weighted by Crippen LogP contribution is 2.35. The second-order valence-corrected chi connectivity index (χ2v) is 9.61. The molecule has 3 aromatic rings. The van der Waals surface area contributed by atoms with E-state index in [-0.39, 0.29) is 41.4 Å². The number of rotatable bonds is 7. The van der Waals surface area contributed by atoms with E-state index in [9.17, 15) is 17.2 Å². The fourth-order valence-electron chi connectivity index (χ4n) is 4.01. The summed E-state index contributed by atoms with van der Waals surface area (Å²) in [7, 11) is -0.745. The van der Waals surface area contributed by atoms with Crippen LogP contribution in [0.5, 0.6) is 5.75 Å². The molecule has 1 fully saturated rings. The van der Waals surface area contributed by atoms with Gasteiger partial charge in [0.1, 0.15) is 5.75 Å². The first kappa shape index (κ1) is 22.2. The van der Waals surface area contributed by atoms with Gasteiger partial charge >= 0.3 is 0 Å². The minimum absolute atomic E-state index is 0.0168. The monoisotopic (exact) mass is 462 g/mol. The average molecular weight is 463 g/mol. The van der Waals surface area contributed by atoms with Gasteiger partial charge in [0.25, 0.3) is 16.4 Å². The van der Waals surface area contributed by atoms with Crippen LogP contribution in [0.25, 0.3) is 0 Å². The van der Waals surface area contributed by atoms with Gasteiger partial charge in [-0.05, 0) is 23.8 Å². The molecule has 1 saturated heterocycles. The fourth-order valence-corrected chi connectivity index (χ4v) is 5.47. The molecule has 0 aliphatic carbocycles.